The van der Waals surface area contributed by atoms with Crippen LogP contribution in [0.5, 0.6) is 5.75 Å². The van der Waals surface area contributed by atoms with E-state index in [9.17, 15) is 18.0 Å². The number of hydrogen-bond donors (Lipinski definition) is 1. The standard InChI is InChI=1S/C20H17F3N2O2/c1-2-27-14-7-5-6-13(10-14)11-25-19(26)16-12-24-17-9-4-3-8-15(17)18(16)20(21,22)23/h3-10,12H,2,11H2,1H3,(H,25,26). The number of carbonyl (C=O) groups is 1. The Morgan fingerprint density at radius 2 is 1.93 bits per heavy atom. The Morgan fingerprint density at radius 3 is 2.67 bits per heavy atom. The van der Waals surface area contributed by atoms with E-state index in [1.807, 2.05) is 6.92 Å². The number of benzene rings is 2. The summed E-state index contributed by atoms with van der Waals surface area (Å²) in [6.45, 7) is 2.41. The van der Waals surface area contributed by atoms with E-state index in [0.717, 1.165) is 11.8 Å². The van der Waals surface area contributed by atoms with Gasteiger partial charge in [0.25, 0.3) is 5.91 Å². The predicted octanol–water partition coefficient (Wildman–Crippen LogP) is 4.58. The van der Waals surface area contributed by atoms with Gasteiger partial charge in [0.1, 0.15) is 5.75 Å². The number of nitrogens with one attached hydrogen (secondary N) is 1. The van der Waals surface area contributed by atoms with Crippen LogP contribution in [0.4, 0.5) is 13.2 Å². The fourth-order valence-electron chi connectivity index (χ4n) is 2.81. The second-order valence-electron chi connectivity index (χ2n) is 5.82. The third-order valence-corrected chi connectivity index (χ3v) is 3.97. The number of hydrogen-bond acceptors (Lipinski definition) is 3. The van der Waals surface area contributed by atoms with E-state index in [0.29, 0.717) is 12.4 Å². The zero-order valence-electron chi connectivity index (χ0n) is 14.5. The fraction of sp³-hybridized carbons (Fsp3) is 0.200. The zero-order valence-corrected chi connectivity index (χ0v) is 14.5. The Kier molecular flexibility index (Phi) is 5.30. The largest absolute Gasteiger partial charge is 0.494 e. The van der Waals surface area contributed by atoms with Crippen molar-refractivity contribution < 1.29 is 22.7 Å². The Balaban J connectivity index is 1.89. The van der Waals surface area contributed by atoms with Crippen LogP contribution in [0.3, 0.4) is 0 Å². The van der Waals surface area contributed by atoms with Crippen molar-refractivity contribution in [3.8, 4) is 5.75 Å². The highest BCUT2D eigenvalue weighted by atomic mass is 19.4. The number of carbonyl (C=O) groups excluding carboxylic acids is 1. The molecule has 0 saturated heterocycles. The van der Waals surface area contributed by atoms with Gasteiger partial charge in [-0.2, -0.15) is 13.2 Å². The molecule has 0 spiro atoms. The van der Waals surface area contributed by atoms with Gasteiger partial charge in [0, 0.05) is 18.1 Å². The quantitative estimate of drug-likeness (QED) is 0.711. The van der Waals surface area contributed by atoms with E-state index in [-0.39, 0.29) is 17.4 Å². The minimum Gasteiger partial charge on any atom is -0.494 e. The number of pyridine rings is 1. The maximum atomic E-state index is 13.6. The predicted molar refractivity (Wildman–Crippen MR) is 95.5 cm³/mol. The summed E-state index contributed by atoms with van der Waals surface area (Å²) in [7, 11) is 0. The van der Waals surface area contributed by atoms with Crippen LogP contribution >= 0.6 is 0 Å². The van der Waals surface area contributed by atoms with Gasteiger partial charge in [-0.05, 0) is 30.7 Å². The monoisotopic (exact) mass is 374 g/mol. The first-order chi connectivity index (χ1) is 12.9. The first kappa shape index (κ1) is 18.7. The molecule has 0 radical (unpaired) electrons. The molecular weight excluding hydrogens is 357 g/mol. The molecule has 0 unspecified atom stereocenters. The number of amides is 1. The van der Waals surface area contributed by atoms with Gasteiger partial charge in [0.2, 0.25) is 0 Å². The van der Waals surface area contributed by atoms with Gasteiger partial charge in [0.15, 0.2) is 0 Å². The molecule has 27 heavy (non-hydrogen) atoms. The minimum absolute atomic E-state index is 0.0733. The summed E-state index contributed by atoms with van der Waals surface area (Å²) in [4.78, 5) is 16.4. The first-order valence-electron chi connectivity index (χ1n) is 8.35. The highest BCUT2D eigenvalue weighted by Gasteiger charge is 2.37. The summed E-state index contributed by atoms with van der Waals surface area (Å²) in [5.41, 5.74) is -0.571. The molecule has 1 N–H and O–H groups in total. The van der Waals surface area contributed by atoms with E-state index in [2.05, 4.69) is 10.3 Å². The number of ether oxygens (including phenoxy) is 1. The Morgan fingerprint density at radius 1 is 1.15 bits per heavy atom. The molecule has 0 saturated carbocycles. The number of aromatic nitrogens is 1. The van der Waals surface area contributed by atoms with Crippen molar-refractivity contribution in [2.75, 3.05) is 6.61 Å². The van der Waals surface area contributed by atoms with Crippen molar-refractivity contribution in [1.29, 1.82) is 0 Å². The maximum Gasteiger partial charge on any atom is 0.417 e. The third-order valence-electron chi connectivity index (χ3n) is 3.97. The van der Waals surface area contributed by atoms with Crippen molar-refractivity contribution >= 4 is 16.8 Å². The number of rotatable bonds is 5. The van der Waals surface area contributed by atoms with E-state index < -0.39 is 23.2 Å². The molecule has 3 aromatic rings. The maximum absolute atomic E-state index is 13.6. The van der Waals surface area contributed by atoms with Crippen molar-refractivity contribution in [2.24, 2.45) is 0 Å². The van der Waals surface area contributed by atoms with Crippen LogP contribution < -0.4 is 10.1 Å². The van der Waals surface area contributed by atoms with Crippen molar-refractivity contribution in [3.63, 3.8) is 0 Å². The van der Waals surface area contributed by atoms with Gasteiger partial charge < -0.3 is 10.1 Å². The van der Waals surface area contributed by atoms with Gasteiger partial charge in [-0.15, -0.1) is 0 Å². The average molecular weight is 374 g/mol. The van der Waals surface area contributed by atoms with E-state index in [1.54, 1.807) is 30.3 Å². The molecule has 1 aromatic heterocycles. The van der Waals surface area contributed by atoms with Gasteiger partial charge in [-0.1, -0.05) is 30.3 Å². The Labute approximate surface area is 154 Å². The molecule has 3 rings (SSSR count). The Bertz CT molecular complexity index is 971. The molecule has 0 aliphatic carbocycles. The van der Waals surface area contributed by atoms with Gasteiger partial charge in [-0.25, -0.2) is 0 Å². The smallest absolute Gasteiger partial charge is 0.417 e. The van der Waals surface area contributed by atoms with Crippen LogP contribution in [0.2, 0.25) is 0 Å². The molecule has 0 fully saturated rings. The number of halogens is 3. The molecule has 0 atom stereocenters. The number of para-hydroxylation sites is 1. The molecule has 7 heteroatoms. The highest BCUT2D eigenvalue weighted by molar-refractivity contribution is 6.00. The van der Waals surface area contributed by atoms with Crippen LogP contribution in [-0.4, -0.2) is 17.5 Å². The SMILES string of the molecule is CCOc1cccc(CNC(=O)c2cnc3ccccc3c2C(F)(F)F)c1. The van der Waals surface area contributed by atoms with Crippen LogP contribution in [-0.2, 0) is 12.7 Å². The summed E-state index contributed by atoms with van der Waals surface area (Å²) in [5.74, 6) is -0.199. The molecule has 1 heterocycles. The second-order valence-corrected chi connectivity index (χ2v) is 5.82. The van der Waals surface area contributed by atoms with E-state index in [4.69, 9.17) is 4.74 Å². The van der Waals surface area contributed by atoms with Crippen molar-refractivity contribution in [2.45, 2.75) is 19.6 Å². The number of nitrogens with zero attached hydrogens (tertiary/aromatic N) is 1. The molecule has 0 aliphatic heterocycles. The normalized spacial score (nSPS) is 11.4. The first-order valence-corrected chi connectivity index (χ1v) is 8.35. The third kappa shape index (κ3) is 4.19. The van der Waals surface area contributed by atoms with E-state index in [1.165, 1.54) is 18.2 Å². The topological polar surface area (TPSA) is 51.2 Å². The number of fused-ring (bicyclic) bond motifs is 1. The van der Waals surface area contributed by atoms with Crippen molar-refractivity contribution in [3.05, 3.63) is 71.4 Å². The molecule has 2 aromatic carbocycles. The minimum atomic E-state index is -4.68. The molecular formula is C20H17F3N2O2. The van der Waals surface area contributed by atoms with Gasteiger partial charge >= 0.3 is 6.18 Å². The molecule has 0 bridgehead atoms. The summed E-state index contributed by atoms with van der Waals surface area (Å²) in [5, 5.41) is 2.43. The number of alkyl halides is 3. The van der Waals surface area contributed by atoms with Gasteiger partial charge in [-0.3, -0.25) is 9.78 Å². The summed E-state index contributed by atoms with van der Waals surface area (Å²) in [6, 6.07) is 12.9. The highest BCUT2D eigenvalue weighted by Crippen LogP contribution is 2.36. The molecule has 140 valence electrons. The Hall–Kier alpha value is -3.09. The van der Waals surface area contributed by atoms with Crippen LogP contribution in [0.15, 0.2) is 54.7 Å². The van der Waals surface area contributed by atoms with Crippen LogP contribution in [0.25, 0.3) is 10.9 Å². The van der Waals surface area contributed by atoms with Crippen molar-refractivity contribution in [1.82, 2.24) is 10.3 Å². The molecule has 1 amide bonds. The lowest BCUT2D eigenvalue weighted by atomic mass is 10.0. The second kappa shape index (κ2) is 7.65. The average Bonchev–Trinajstić information content (AvgIpc) is 2.65. The summed E-state index contributed by atoms with van der Waals surface area (Å²) in [6.07, 6.45) is -3.71. The molecule has 4 nitrogen and oxygen atoms in total. The summed E-state index contributed by atoms with van der Waals surface area (Å²) < 4.78 is 46.2. The summed E-state index contributed by atoms with van der Waals surface area (Å²) >= 11 is 0. The fourth-order valence-corrected chi connectivity index (χ4v) is 2.81. The lowest BCUT2D eigenvalue weighted by molar-refractivity contribution is -0.136. The zero-order chi connectivity index (χ0) is 19.4. The van der Waals surface area contributed by atoms with Crippen LogP contribution in [0.1, 0.15) is 28.4 Å². The van der Waals surface area contributed by atoms with Gasteiger partial charge in [0.05, 0.1) is 23.3 Å². The lowest BCUT2D eigenvalue weighted by Crippen LogP contribution is -2.26. The molecule has 0 aliphatic rings. The van der Waals surface area contributed by atoms with Crippen LogP contribution in [0, 0.1) is 0 Å². The lowest BCUT2D eigenvalue weighted by Gasteiger charge is -2.15. The van der Waals surface area contributed by atoms with E-state index >= 15 is 0 Å².